The van der Waals surface area contributed by atoms with Gasteiger partial charge in [-0.2, -0.15) is 10.2 Å². The Labute approximate surface area is 105 Å². The molecule has 0 unspecified atom stereocenters. The maximum absolute atomic E-state index is 11.5. The fraction of sp³-hybridized carbons (Fsp3) is 0.455. The highest BCUT2D eigenvalue weighted by molar-refractivity contribution is 5.82. The number of nitrogens with one attached hydrogen (secondary N) is 2. The van der Waals surface area contributed by atoms with Gasteiger partial charge in [0.25, 0.3) is 0 Å². The first kappa shape index (κ1) is 13.9. The van der Waals surface area contributed by atoms with Crippen LogP contribution in [0.2, 0.25) is 0 Å². The van der Waals surface area contributed by atoms with Crippen LogP contribution in [-0.2, 0) is 11.3 Å². The molecule has 1 aromatic heterocycles. The van der Waals surface area contributed by atoms with Crippen molar-refractivity contribution in [1.29, 1.82) is 0 Å². The van der Waals surface area contributed by atoms with E-state index in [0.717, 1.165) is 0 Å². The van der Waals surface area contributed by atoms with E-state index in [-0.39, 0.29) is 6.54 Å². The van der Waals surface area contributed by atoms with Crippen molar-refractivity contribution in [2.75, 3.05) is 0 Å². The summed E-state index contributed by atoms with van der Waals surface area (Å²) in [5.74, 6) is -1.04. The van der Waals surface area contributed by atoms with Gasteiger partial charge in [-0.25, -0.2) is 9.59 Å². The van der Waals surface area contributed by atoms with E-state index >= 15 is 0 Å². The van der Waals surface area contributed by atoms with E-state index < -0.39 is 18.0 Å². The van der Waals surface area contributed by atoms with Gasteiger partial charge in [-0.15, -0.1) is 0 Å². The second kappa shape index (κ2) is 7.21. The molecule has 0 aliphatic heterocycles. The predicted octanol–water partition coefficient (Wildman–Crippen LogP) is 0.529. The van der Waals surface area contributed by atoms with Gasteiger partial charge < -0.3 is 15.7 Å². The minimum absolute atomic E-state index is 0.206. The average molecular weight is 252 g/mol. The Morgan fingerprint density at radius 1 is 1.50 bits per heavy atom. The standard InChI is InChI=1S/C11H16N4O3/c1-2-4-9(10(16)17)14-11(18)12-7-8-5-3-6-13-15-8/h3,5-6,9H,2,4,7H2,1H3,(H,16,17)(H2,12,14,18)/t9-/m0/s1. The molecule has 18 heavy (non-hydrogen) atoms. The van der Waals surface area contributed by atoms with Crippen LogP contribution in [0.4, 0.5) is 4.79 Å². The topological polar surface area (TPSA) is 104 Å². The lowest BCUT2D eigenvalue weighted by molar-refractivity contribution is -0.139. The van der Waals surface area contributed by atoms with Gasteiger partial charge >= 0.3 is 12.0 Å². The maximum atomic E-state index is 11.5. The highest BCUT2D eigenvalue weighted by Crippen LogP contribution is 1.97. The van der Waals surface area contributed by atoms with Crippen molar-refractivity contribution in [3.63, 3.8) is 0 Å². The van der Waals surface area contributed by atoms with Gasteiger partial charge in [0.15, 0.2) is 0 Å². The molecule has 0 aromatic carbocycles. The Morgan fingerprint density at radius 2 is 2.28 bits per heavy atom. The van der Waals surface area contributed by atoms with Crippen molar-refractivity contribution in [2.24, 2.45) is 0 Å². The Kier molecular flexibility index (Phi) is 5.56. The number of urea groups is 1. The summed E-state index contributed by atoms with van der Waals surface area (Å²) in [6.45, 7) is 2.06. The molecule has 3 N–H and O–H groups in total. The fourth-order valence-electron chi connectivity index (χ4n) is 1.35. The van der Waals surface area contributed by atoms with E-state index in [4.69, 9.17) is 5.11 Å². The van der Waals surface area contributed by atoms with Gasteiger partial charge in [-0.3, -0.25) is 0 Å². The SMILES string of the molecule is CCC[C@H](NC(=O)NCc1cccnn1)C(=O)O. The number of rotatable bonds is 6. The van der Waals surface area contributed by atoms with Crippen molar-refractivity contribution in [1.82, 2.24) is 20.8 Å². The highest BCUT2D eigenvalue weighted by atomic mass is 16.4. The Morgan fingerprint density at radius 3 is 2.83 bits per heavy atom. The van der Waals surface area contributed by atoms with Gasteiger partial charge in [0, 0.05) is 6.20 Å². The normalized spacial score (nSPS) is 11.6. The molecule has 1 aromatic rings. The van der Waals surface area contributed by atoms with Crippen molar-refractivity contribution in [3.8, 4) is 0 Å². The second-order valence-electron chi connectivity index (χ2n) is 3.72. The lowest BCUT2D eigenvalue weighted by Gasteiger charge is -2.13. The number of carbonyl (C=O) groups is 2. The molecule has 1 atom stereocenters. The van der Waals surface area contributed by atoms with Gasteiger partial charge in [-0.1, -0.05) is 13.3 Å². The third kappa shape index (κ3) is 4.77. The van der Waals surface area contributed by atoms with Crippen molar-refractivity contribution in [2.45, 2.75) is 32.4 Å². The number of amides is 2. The van der Waals surface area contributed by atoms with Crippen LogP contribution < -0.4 is 10.6 Å². The number of hydrogen-bond donors (Lipinski definition) is 3. The number of nitrogens with zero attached hydrogens (tertiary/aromatic N) is 2. The molecule has 2 amide bonds. The van der Waals surface area contributed by atoms with Crippen LogP contribution in [0.25, 0.3) is 0 Å². The lowest BCUT2D eigenvalue weighted by Crippen LogP contribution is -2.45. The Bertz CT molecular complexity index is 397. The first-order valence-electron chi connectivity index (χ1n) is 5.67. The monoisotopic (exact) mass is 252 g/mol. The zero-order valence-corrected chi connectivity index (χ0v) is 10.1. The van der Waals surface area contributed by atoms with Crippen molar-refractivity contribution in [3.05, 3.63) is 24.0 Å². The second-order valence-corrected chi connectivity index (χ2v) is 3.72. The van der Waals surface area contributed by atoms with E-state index in [2.05, 4.69) is 20.8 Å². The molecule has 1 heterocycles. The third-order valence-corrected chi connectivity index (χ3v) is 2.24. The summed E-state index contributed by atoms with van der Waals surface area (Å²) in [6, 6.07) is 2.03. The van der Waals surface area contributed by atoms with Crippen LogP contribution in [0.1, 0.15) is 25.5 Å². The summed E-state index contributed by atoms with van der Waals surface area (Å²) in [6.07, 6.45) is 2.61. The average Bonchev–Trinajstić information content (AvgIpc) is 2.37. The summed E-state index contributed by atoms with van der Waals surface area (Å²) >= 11 is 0. The van der Waals surface area contributed by atoms with Crippen LogP contribution in [0.3, 0.4) is 0 Å². The van der Waals surface area contributed by atoms with Crippen LogP contribution in [-0.4, -0.2) is 33.3 Å². The van der Waals surface area contributed by atoms with Gasteiger partial charge in [-0.05, 0) is 18.6 Å². The van der Waals surface area contributed by atoms with E-state index in [1.807, 2.05) is 6.92 Å². The Hall–Kier alpha value is -2.18. The molecular weight excluding hydrogens is 236 g/mol. The highest BCUT2D eigenvalue weighted by Gasteiger charge is 2.18. The molecule has 0 saturated heterocycles. The van der Waals surface area contributed by atoms with Crippen LogP contribution in [0.15, 0.2) is 18.3 Å². The van der Waals surface area contributed by atoms with Gasteiger partial charge in [0.2, 0.25) is 0 Å². The van der Waals surface area contributed by atoms with Crippen molar-refractivity contribution < 1.29 is 14.7 Å². The first-order chi connectivity index (χ1) is 8.63. The van der Waals surface area contributed by atoms with Crippen molar-refractivity contribution >= 4 is 12.0 Å². The van der Waals surface area contributed by atoms with Gasteiger partial charge in [0.1, 0.15) is 6.04 Å². The number of carbonyl (C=O) groups excluding carboxylic acids is 1. The summed E-state index contributed by atoms with van der Waals surface area (Å²) < 4.78 is 0. The van der Waals surface area contributed by atoms with E-state index in [0.29, 0.717) is 18.5 Å². The summed E-state index contributed by atoms with van der Waals surface area (Å²) in [5.41, 5.74) is 0.606. The fourth-order valence-corrected chi connectivity index (χ4v) is 1.35. The van der Waals surface area contributed by atoms with Crippen LogP contribution in [0, 0.1) is 0 Å². The molecule has 0 spiro atoms. The summed E-state index contributed by atoms with van der Waals surface area (Å²) in [7, 11) is 0. The first-order valence-corrected chi connectivity index (χ1v) is 5.67. The molecule has 0 saturated carbocycles. The number of hydrogen-bond acceptors (Lipinski definition) is 4. The zero-order valence-electron chi connectivity index (χ0n) is 10.1. The van der Waals surface area contributed by atoms with E-state index in [1.54, 1.807) is 12.1 Å². The Balaban J connectivity index is 2.39. The molecule has 98 valence electrons. The smallest absolute Gasteiger partial charge is 0.326 e. The minimum atomic E-state index is -1.04. The predicted molar refractivity (Wildman–Crippen MR) is 63.7 cm³/mol. The lowest BCUT2D eigenvalue weighted by atomic mass is 10.2. The molecular formula is C11H16N4O3. The molecule has 0 aliphatic rings. The number of aliphatic carboxylic acids is 1. The summed E-state index contributed by atoms with van der Waals surface area (Å²) in [4.78, 5) is 22.3. The quantitative estimate of drug-likeness (QED) is 0.685. The van der Waals surface area contributed by atoms with Gasteiger partial charge in [0.05, 0.1) is 12.2 Å². The van der Waals surface area contributed by atoms with Crippen LogP contribution in [0.5, 0.6) is 0 Å². The largest absolute Gasteiger partial charge is 0.480 e. The molecule has 1 rings (SSSR count). The van der Waals surface area contributed by atoms with Crippen LogP contribution >= 0.6 is 0 Å². The number of carboxylic acids is 1. The molecule has 0 radical (unpaired) electrons. The van der Waals surface area contributed by atoms with E-state index in [9.17, 15) is 9.59 Å². The maximum Gasteiger partial charge on any atom is 0.326 e. The summed E-state index contributed by atoms with van der Waals surface area (Å²) in [5, 5.41) is 21.2. The molecule has 7 heteroatoms. The molecule has 0 aliphatic carbocycles. The molecule has 0 bridgehead atoms. The number of aromatic nitrogens is 2. The minimum Gasteiger partial charge on any atom is -0.480 e. The van der Waals surface area contributed by atoms with E-state index in [1.165, 1.54) is 6.20 Å². The number of carboxylic acid groups (broad SMARTS) is 1. The third-order valence-electron chi connectivity index (χ3n) is 2.24. The molecule has 7 nitrogen and oxygen atoms in total. The zero-order chi connectivity index (χ0) is 13.4. The molecule has 0 fully saturated rings.